The average molecular weight is 238 g/mol. The van der Waals surface area contributed by atoms with Gasteiger partial charge in [0.1, 0.15) is 11.5 Å². The summed E-state index contributed by atoms with van der Waals surface area (Å²) in [4.78, 5) is 11.8. The molecule has 0 amide bonds. The summed E-state index contributed by atoms with van der Waals surface area (Å²) in [6, 6.07) is 3.48. The van der Waals surface area contributed by atoms with Crippen LogP contribution < -0.4 is 9.47 Å². The molecule has 0 heterocycles. The van der Waals surface area contributed by atoms with Crippen molar-refractivity contribution in [2.24, 2.45) is 0 Å². The van der Waals surface area contributed by atoms with Crippen molar-refractivity contribution in [2.45, 2.75) is 4.90 Å². The molecule has 1 aromatic carbocycles. The molecule has 0 N–H and O–H groups in total. The zero-order valence-electron chi connectivity index (χ0n) is 9.36. The van der Waals surface area contributed by atoms with Gasteiger partial charge < -0.3 is 9.47 Å². The second kappa shape index (κ2) is 6.23. The first-order chi connectivity index (χ1) is 7.76. The fourth-order valence-corrected chi connectivity index (χ4v) is 2.02. The zero-order chi connectivity index (χ0) is 12.0. The Balaban J connectivity index is 3.14. The lowest BCUT2D eigenvalue weighted by Crippen LogP contribution is -1.94. The van der Waals surface area contributed by atoms with Gasteiger partial charge in [-0.05, 0) is 12.1 Å². The van der Waals surface area contributed by atoms with Gasteiger partial charge in [-0.2, -0.15) is 0 Å². The summed E-state index contributed by atoms with van der Waals surface area (Å²) in [5, 5.41) is 0. The van der Waals surface area contributed by atoms with Gasteiger partial charge in [0, 0.05) is 5.75 Å². The molecule has 0 radical (unpaired) electrons. The average Bonchev–Trinajstić information content (AvgIpc) is 2.35. The quantitative estimate of drug-likeness (QED) is 0.434. The van der Waals surface area contributed by atoms with Gasteiger partial charge in [0.2, 0.25) is 0 Å². The van der Waals surface area contributed by atoms with E-state index in [0.717, 1.165) is 16.9 Å². The molecule has 1 aromatic rings. The van der Waals surface area contributed by atoms with Crippen molar-refractivity contribution < 1.29 is 14.3 Å². The monoisotopic (exact) mass is 238 g/mol. The number of carbonyl (C=O) groups is 1. The molecule has 0 aromatic heterocycles. The maximum Gasteiger partial charge on any atom is 0.153 e. The minimum atomic E-state index is 0.488. The number of thioether (sulfide) groups is 1. The molecule has 0 aliphatic carbocycles. The number of hydrogen-bond acceptors (Lipinski definition) is 4. The molecule has 16 heavy (non-hydrogen) atoms. The summed E-state index contributed by atoms with van der Waals surface area (Å²) >= 11 is 1.58. The van der Waals surface area contributed by atoms with E-state index in [9.17, 15) is 4.79 Å². The lowest BCUT2D eigenvalue weighted by atomic mass is 10.2. The third-order valence-electron chi connectivity index (χ3n) is 2.00. The molecule has 0 saturated carbocycles. The van der Waals surface area contributed by atoms with Crippen LogP contribution in [0.5, 0.6) is 11.5 Å². The van der Waals surface area contributed by atoms with Crippen LogP contribution >= 0.6 is 11.8 Å². The van der Waals surface area contributed by atoms with Crippen molar-refractivity contribution in [1.29, 1.82) is 0 Å². The van der Waals surface area contributed by atoms with Crippen LogP contribution in [0.4, 0.5) is 0 Å². The van der Waals surface area contributed by atoms with Gasteiger partial charge in [-0.1, -0.05) is 6.08 Å². The van der Waals surface area contributed by atoms with Gasteiger partial charge in [-0.3, -0.25) is 4.79 Å². The van der Waals surface area contributed by atoms with E-state index in [1.165, 1.54) is 7.11 Å². The second-order valence-electron chi connectivity index (χ2n) is 2.96. The second-order valence-corrected chi connectivity index (χ2v) is 4.02. The van der Waals surface area contributed by atoms with E-state index < -0.39 is 0 Å². The standard InChI is InChI=1S/C12H14O3S/c1-4-5-16-12-7-10(14-2)9(8-13)6-11(12)15-3/h4,6-8H,1,5H2,2-3H3. The summed E-state index contributed by atoms with van der Waals surface area (Å²) in [5.41, 5.74) is 0.488. The van der Waals surface area contributed by atoms with E-state index in [1.807, 2.05) is 6.08 Å². The van der Waals surface area contributed by atoms with E-state index in [4.69, 9.17) is 9.47 Å². The van der Waals surface area contributed by atoms with Crippen LogP contribution in [0.2, 0.25) is 0 Å². The van der Waals surface area contributed by atoms with Crippen LogP contribution in [-0.2, 0) is 0 Å². The number of carbonyl (C=O) groups excluding carboxylic acids is 1. The molecule has 0 fully saturated rings. The predicted molar refractivity (Wildman–Crippen MR) is 65.9 cm³/mol. The van der Waals surface area contributed by atoms with E-state index >= 15 is 0 Å². The number of methoxy groups -OCH3 is 2. The molecule has 3 nitrogen and oxygen atoms in total. The number of benzene rings is 1. The number of aldehydes is 1. The maximum atomic E-state index is 10.8. The first kappa shape index (κ1) is 12.6. The van der Waals surface area contributed by atoms with E-state index in [1.54, 1.807) is 31.0 Å². The third kappa shape index (κ3) is 2.79. The van der Waals surface area contributed by atoms with E-state index in [2.05, 4.69) is 6.58 Å². The van der Waals surface area contributed by atoms with Crippen molar-refractivity contribution in [3.8, 4) is 11.5 Å². The highest BCUT2D eigenvalue weighted by molar-refractivity contribution is 7.99. The predicted octanol–water partition coefficient (Wildman–Crippen LogP) is 2.79. The molecule has 1 rings (SSSR count). The molecule has 0 unspecified atom stereocenters. The highest BCUT2D eigenvalue weighted by Gasteiger charge is 2.10. The smallest absolute Gasteiger partial charge is 0.153 e. The Morgan fingerprint density at radius 2 is 2.00 bits per heavy atom. The first-order valence-corrected chi connectivity index (χ1v) is 5.70. The van der Waals surface area contributed by atoms with Gasteiger partial charge in [-0.25, -0.2) is 0 Å². The van der Waals surface area contributed by atoms with Crippen molar-refractivity contribution >= 4 is 18.0 Å². The van der Waals surface area contributed by atoms with Gasteiger partial charge in [0.25, 0.3) is 0 Å². The van der Waals surface area contributed by atoms with Crippen LogP contribution in [-0.4, -0.2) is 26.3 Å². The Kier molecular flexibility index (Phi) is 4.92. The molecule has 4 heteroatoms. The van der Waals surface area contributed by atoms with Gasteiger partial charge in [0.05, 0.1) is 24.7 Å². The topological polar surface area (TPSA) is 35.5 Å². The van der Waals surface area contributed by atoms with Crippen LogP contribution in [0, 0.1) is 0 Å². The van der Waals surface area contributed by atoms with Gasteiger partial charge in [-0.15, -0.1) is 18.3 Å². The zero-order valence-corrected chi connectivity index (χ0v) is 10.2. The molecule has 0 aliphatic rings. The molecule has 86 valence electrons. The van der Waals surface area contributed by atoms with Crippen molar-refractivity contribution in [3.63, 3.8) is 0 Å². The highest BCUT2D eigenvalue weighted by Crippen LogP contribution is 2.34. The van der Waals surface area contributed by atoms with Crippen LogP contribution in [0.1, 0.15) is 10.4 Å². The summed E-state index contributed by atoms with van der Waals surface area (Å²) < 4.78 is 10.3. The normalized spacial score (nSPS) is 9.62. The lowest BCUT2D eigenvalue weighted by molar-refractivity contribution is 0.112. The van der Waals surface area contributed by atoms with Gasteiger partial charge >= 0.3 is 0 Å². The van der Waals surface area contributed by atoms with Crippen LogP contribution in [0.3, 0.4) is 0 Å². The highest BCUT2D eigenvalue weighted by atomic mass is 32.2. The van der Waals surface area contributed by atoms with Crippen molar-refractivity contribution in [1.82, 2.24) is 0 Å². The SMILES string of the molecule is C=CCSc1cc(OC)c(C=O)cc1OC. The van der Waals surface area contributed by atoms with Crippen molar-refractivity contribution in [2.75, 3.05) is 20.0 Å². The Bertz CT molecular complexity index is 388. The number of ether oxygens (including phenoxy) is 2. The Morgan fingerprint density at radius 3 is 2.50 bits per heavy atom. The summed E-state index contributed by atoms with van der Waals surface area (Å²) in [6.45, 7) is 3.66. The van der Waals surface area contributed by atoms with Crippen molar-refractivity contribution in [3.05, 3.63) is 30.4 Å². The summed E-state index contributed by atoms with van der Waals surface area (Å²) in [6.07, 6.45) is 2.56. The van der Waals surface area contributed by atoms with Crippen LogP contribution in [0.25, 0.3) is 0 Å². The minimum absolute atomic E-state index is 0.488. The Hall–Kier alpha value is -1.42. The largest absolute Gasteiger partial charge is 0.496 e. The van der Waals surface area contributed by atoms with E-state index in [0.29, 0.717) is 17.1 Å². The molecule has 0 saturated heterocycles. The maximum absolute atomic E-state index is 10.8. The lowest BCUT2D eigenvalue weighted by Gasteiger charge is -2.11. The van der Waals surface area contributed by atoms with Gasteiger partial charge in [0.15, 0.2) is 6.29 Å². The summed E-state index contributed by atoms with van der Waals surface area (Å²) in [7, 11) is 3.12. The Morgan fingerprint density at radius 1 is 1.31 bits per heavy atom. The minimum Gasteiger partial charge on any atom is -0.496 e. The molecular formula is C12H14O3S. The third-order valence-corrected chi connectivity index (χ3v) is 3.03. The fraction of sp³-hybridized carbons (Fsp3) is 0.250. The molecule has 0 spiro atoms. The summed E-state index contributed by atoms with van der Waals surface area (Å²) in [5.74, 6) is 2.01. The van der Waals surface area contributed by atoms with E-state index in [-0.39, 0.29) is 0 Å². The molecule has 0 atom stereocenters. The molecule has 0 aliphatic heterocycles. The fourth-order valence-electron chi connectivity index (χ4n) is 1.25. The molecule has 0 bridgehead atoms. The molecular weight excluding hydrogens is 224 g/mol. The first-order valence-electron chi connectivity index (χ1n) is 4.71. The van der Waals surface area contributed by atoms with Crippen LogP contribution in [0.15, 0.2) is 29.7 Å². The Labute approximate surface area is 99.4 Å². The number of rotatable bonds is 6. The number of hydrogen-bond donors (Lipinski definition) is 0.